The molecule has 1 aliphatic heterocycles. The number of fused-ring (bicyclic) bond motifs is 5. The molecule has 0 aliphatic carbocycles. The molecule has 10 aromatic rings. The number of para-hydroxylation sites is 1. The molecule has 0 fully saturated rings. The molecule has 11 heteroatoms. The van der Waals surface area contributed by atoms with Crippen LogP contribution in [0.2, 0.25) is 0 Å². The number of furan rings is 1. The molecule has 9 aromatic heterocycles. The van der Waals surface area contributed by atoms with E-state index in [-0.39, 0.29) is 0 Å². The third-order valence-electron chi connectivity index (χ3n) is 12.4. The van der Waals surface area contributed by atoms with Crippen molar-refractivity contribution < 1.29 is 4.42 Å². The number of pyridine rings is 7. The standard InChI is InChI=1S/C12H13N.C11H15N3.C11H12N2.C10H12N2.C10H11NO.C8H11N/c1-9(2)10-7-8-13-12-6-4-3-5-11(10)12;1-7(2)9-4-5-12-11-10(9)6-13-8(3)14-11;1-8(2)9-5-7-13-11-10(9)4-3-6-12-11;1-7(2)8-3-5-11-10-9(8)4-6-12-10;1-7(2)8-3-5-11-9-4-6-12-10(8)9;1-7(2)8-3-5-9-6-4-8/h3-9H,1-2H3;4-5,7,13H,3,6H2,1-2H3,(H,12,14);3-8H,1-2H3;3-7H,1-2H3,(H,11,12);3-7H,1-2H3;3-7H,1-2H3. The number of nitrogens with zero attached hydrogens (tertiary/aromatic N) is 7. The van der Waals surface area contributed by atoms with E-state index in [0.29, 0.717) is 35.5 Å². The molecule has 11 nitrogen and oxygen atoms in total. The van der Waals surface area contributed by atoms with Crippen LogP contribution in [0.3, 0.4) is 0 Å². The molecule has 0 spiro atoms. The van der Waals surface area contributed by atoms with Crippen LogP contribution in [-0.2, 0) is 6.54 Å². The molecule has 11 rings (SSSR count). The van der Waals surface area contributed by atoms with Crippen molar-refractivity contribution in [3.05, 3.63) is 204 Å². The fourth-order valence-corrected chi connectivity index (χ4v) is 8.43. The molecular formula is C62H74N10O. The fourth-order valence-electron chi connectivity index (χ4n) is 8.43. The lowest BCUT2D eigenvalue weighted by Gasteiger charge is -2.24. The number of aromatic nitrogens is 8. The summed E-state index contributed by atoms with van der Waals surface area (Å²) in [5.74, 6) is 5.05. The first-order valence-electron chi connectivity index (χ1n) is 25.5. The van der Waals surface area contributed by atoms with Crippen molar-refractivity contribution in [2.45, 2.75) is 125 Å². The lowest BCUT2D eigenvalue weighted by molar-refractivity contribution is 0.606. The summed E-state index contributed by atoms with van der Waals surface area (Å²) in [6.45, 7) is 30.9. The first kappa shape index (κ1) is 54.5. The Hall–Kier alpha value is -7.79. The molecule has 378 valence electrons. The molecule has 10 heterocycles. The Bertz CT molecular complexity index is 3110. The Morgan fingerprint density at radius 1 is 0.466 bits per heavy atom. The van der Waals surface area contributed by atoms with Gasteiger partial charge in [-0.3, -0.25) is 15.0 Å². The summed E-state index contributed by atoms with van der Waals surface area (Å²) in [7, 11) is 0. The van der Waals surface area contributed by atoms with Crippen molar-refractivity contribution in [1.29, 1.82) is 0 Å². The topological polar surface area (TPSA) is 143 Å². The quantitative estimate of drug-likeness (QED) is 0.147. The van der Waals surface area contributed by atoms with Crippen LogP contribution in [0.25, 0.3) is 44.1 Å². The zero-order chi connectivity index (χ0) is 52.4. The number of aromatic amines is 1. The average Bonchev–Trinajstić information content (AvgIpc) is 4.10. The number of hydrogen-bond acceptors (Lipinski definition) is 10. The second kappa shape index (κ2) is 26.6. The third-order valence-corrected chi connectivity index (χ3v) is 12.4. The molecule has 0 atom stereocenters. The minimum Gasteiger partial charge on any atom is -0.462 e. The summed E-state index contributed by atoms with van der Waals surface area (Å²) < 4.78 is 5.35. The molecule has 0 unspecified atom stereocenters. The number of H-pyrrole nitrogens is 1. The third kappa shape index (κ3) is 14.9. The summed E-state index contributed by atoms with van der Waals surface area (Å²) >= 11 is 0. The van der Waals surface area contributed by atoms with Crippen LogP contribution in [-0.4, -0.2) is 39.9 Å². The van der Waals surface area contributed by atoms with Gasteiger partial charge in [0.1, 0.15) is 17.0 Å². The Morgan fingerprint density at radius 3 is 1.67 bits per heavy atom. The SMILES string of the molecule is C=C1NCc2c(C(C)C)ccnc2N1.CC(C)c1ccnc2[nH]ccc12.CC(C)c1ccnc2ccccc12.CC(C)c1ccnc2ccoc12.CC(C)c1ccnc2ncccc12.CC(C)c1ccncc1. The maximum Gasteiger partial charge on any atom is 0.159 e. The Kier molecular flexibility index (Phi) is 19.9. The van der Waals surface area contributed by atoms with Gasteiger partial charge >= 0.3 is 0 Å². The van der Waals surface area contributed by atoms with Crippen molar-refractivity contribution >= 4 is 49.9 Å². The maximum atomic E-state index is 5.35. The van der Waals surface area contributed by atoms with Crippen LogP contribution in [0.15, 0.2) is 170 Å². The van der Waals surface area contributed by atoms with Gasteiger partial charge in [-0.25, -0.2) is 19.9 Å². The van der Waals surface area contributed by atoms with Gasteiger partial charge < -0.3 is 20.0 Å². The summed E-state index contributed by atoms with van der Waals surface area (Å²) in [6.07, 6.45) is 18.3. The van der Waals surface area contributed by atoms with Gasteiger partial charge in [-0.1, -0.05) is 108 Å². The van der Waals surface area contributed by atoms with Gasteiger partial charge in [0.05, 0.1) is 17.6 Å². The van der Waals surface area contributed by atoms with E-state index >= 15 is 0 Å². The molecule has 0 saturated heterocycles. The summed E-state index contributed by atoms with van der Waals surface area (Å²) in [5, 5.41) is 10.0. The van der Waals surface area contributed by atoms with Gasteiger partial charge in [0.15, 0.2) is 11.2 Å². The van der Waals surface area contributed by atoms with E-state index in [2.05, 4.69) is 195 Å². The van der Waals surface area contributed by atoms with E-state index in [1.165, 1.54) is 55.1 Å². The number of anilines is 1. The fraction of sp³-hybridized carbons (Fsp3) is 0.306. The van der Waals surface area contributed by atoms with Crippen LogP contribution in [0.1, 0.15) is 158 Å². The normalized spacial score (nSPS) is 11.7. The number of rotatable bonds is 6. The van der Waals surface area contributed by atoms with Crippen molar-refractivity contribution in [2.24, 2.45) is 0 Å². The predicted octanol–water partition coefficient (Wildman–Crippen LogP) is 16.1. The minimum absolute atomic E-state index is 0.488. The maximum absolute atomic E-state index is 5.35. The van der Waals surface area contributed by atoms with E-state index in [1.807, 2.05) is 86.0 Å². The number of benzene rings is 1. The van der Waals surface area contributed by atoms with E-state index < -0.39 is 0 Å². The number of nitrogens with one attached hydrogen (secondary N) is 3. The van der Waals surface area contributed by atoms with Crippen molar-refractivity contribution in [1.82, 2.24) is 45.2 Å². The number of hydrogen-bond donors (Lipinski definition) is 3. The lowest BCUT2D eigenvalue weighted by atomic mass is 9.97. The zero-order valence-electron chi connectivity index (χ0n) is 44.9. The first-order valence-corrected chi connectivity index (χ1v) is 25.5. The Morgan fingerprint density at radius 2 is 1.01 bits per heavy atom. The first-order chi connectivity index (χ1) is 35.1. The van der Waals surface area contributed by atoms with E-state index in [4.69, 9.17) is 4.42 Å². The second-order valence-electron chi connectivity index (χ2n) is 19.8. The van der Waals surface area contributed by atoms with E-state index in [9.17, 15) is 0 Å². The summed E-state index contributed by atoms with van der Waals surface area (Å²) in [6, 6.07) is 30.7. The smallest absolute Gasteiger partial charge is 0.159 e. The molecular weight excluding hydrogens is 901 g/mol. The Balaban J connectivity index is 0.000000143. The van der Waals surface area contributed by atoms with Crippen molar-refractivity contribution in [2.75, 3.05) is 5.32 Å². The highest BCUT2D eigenvalue weighted by molar-refractivity contribution is 5.82. The largest absolute Gasteiger partial charge is 0.462 e. The van der Waals surface area contributed by atoms with E-state index in [0.717, 1.165) is 46.1 Å². The molecule has 0 amide bonds. The molecule has 0 radical (unpaired) electrons. The minimum atomic E-state index is 0.488. The summed E-state index contributed by atoms with van der Waals surface area (Å²) in [5.41, 5.74) is 14.0. The van der Waals surface area contributed by atoms with Gasteiger partial charge in [0, 0.05) is 95.7 Å². The van der Waals surface area contributed by atoms with Gasteiger partial charge in [-0.15, -0.1) is 0 Å². The molecule has 1 aromatic carbocycles. The predicted molar refractivity (Wildman–Crippen MR) is 304 cm³/mol. The highest BCUT2D eigenvalue weighted by Gasteiger charge is 2.16. The van der Waals surface area contributed by atoms with Crippen molar-refractivity contribution in [3.63, 3.8) is 0 Å². The van der Waals surface area contributed by atoms with Crippen LogP contribution in [0.5, 0.6) is 0 Å². The zero-order valence-corrected chi connectivity index (χ0v) is 44.9. The van der Waals surface area contributed by atoms with Crippen LogP contribution in [0.4, 0.5) is 5.82 Å². The molecule has 1 aliphatic rings. The van der Waals surface area contributed by atoms with Crippen LogP contribution >= 0.6 is 0 Å². The van der Waals surface area contributed by atoms with Crippen molar-refractivity contribution in [3.8, 4) is 0 Å². The highest BCUT2D eigenvalue weighted by atomic mass is 16.3. The highest BCUT2D eigenvalue weighted by Crippen LogP contribution is 2.28. The molecule has 0 bridgehead atoms. The lowest BCUT2D eigenvalue weighted by Crippen LogP contribution is -2.26. The van der Waals surface area contributed by atoms with Gasteiger partial charge in [0.2, 0.25) is 0 Å². The summed E-state index contributed by atoms with van der Waals surface area (Å²) in [4.78, 5) is 32.5. The van der Waals surface area contributed by atoms with Crippen LogP contribution < -0.4 is 10.6 Å². The van der Waals surface area contributed by atoms with Gasteiger partial charge in [-0.05, 0) is 130 Å². The molecule has 3 N–H and O–H groups in total. The monoisotopic (exact) mass is 975 g/mol. The van der Waals surface area contributed by atoms with Gasteiger partial charge in [0.25, 0.3) is 0 Å². The van der Waals surface area contributed by atoms with Gasteiger partial charge in [-0.2, -0.15) is 0 Å². The van der Waals surface area contributed by atoms with Crippen LogP contribution in [0, 0.1) is 0 Å². The Labute approximate surface area is 432 Å². The molecule has 73 heavy (non-hydrogen) atoms. The average molecular weight is 975 g/mol. The van der Waals surface area contributed by atoms with E-state index in [1.54, 1.807) is 12.5 Å². The second-order valence-corrected chi connectivity index (χ2v) is 19.8. The molecule has 0 saturated carbocycles.